The minimum atomic E-state index is -0.267. The molecule has 0 N–H and O–H groups in total. The van der Waals surface area contributed by atoms with Crippen LogP contribution in [-0.4, -0.2) is 5.97 Å². The molecule has 2 aliphatic rings. The maximum Gasteiger partial charge on any atom is 0.310 e. The van der Waals surface area contributed by atoms with Crippen LogP contribution in [0.4, 0.5) is 4.39 Å². The zero-order chi connectivity index (χ0) is 20.8. The lowest BCUT2D eigenvalue weighted by Crippen LogP contribution is -2.14. The van der Waals surface area contributed by atoms with Gasteiger partial charge in [0.2, 0.25) is 0 Å². The lowest BCUT2D eigenvalue weighted by molar-refractivity contribution is -0.152. The predicted octanol–water partition coefficient (Wildman–Crippen LogP) is 6.73. The van der Waals surface area contributed by atoms with Gasteiger partial charge in [-0.25, -0.2) is 4.39 Å². The van der Waals surface area contributed by atoms with Gasteiger partial charge in [-0.3, -0.25) is 4.79 Å². The highest BCUT2D eigenvalue weighted by Crippen LogP contribution is 2.60. The zero-order valence-electron chi connectivity index (χ0n) is 16.4. The summed E-state index contributed by atoms with van der Waals surface area (Å²) in [4.78, 5) is 12.9. The summed E-state index contributed by atoms with van der Waals surface area (Å²) in [6.07, 6.45) is 2.98. The van der Waals surface area contributed by atoms with E-state index in [2.05, 4.69) is 6.07 Å². The van der Waals surface area contributed by atoms with E-state index in [1.165, 1.54) is 17.7 Å². The second kappa shape index (κ2) is 7.77. The van der Waals surface area contributed by atoms with Crippen LogP contribution in [0.5, 0.6) is 0 Å². The molecule has 0 spiro atoms. The van der Waals surface area contributed by atoms with Gasteiger partial charge in [0, 0.05) is 0 Å². The molecule has 2 aromatic rings. The molecule has 0 aliphatic heterocycles. The smallest absolute Gasteiger partial charge is 0.310 e. The van der Waals surface area contributed by atoms with Crippen LogP contribution in [0.3, 0.4) is 0 Å². The van der Waals surface area contributed by atoms with Gasteiger partial charge < -0.3 is 4.74 Å². The summed E-state index contributed by atoms with van der Waals surface area (Å²) < 4.78 is 19.4. The van der Waals surface area contributed by atoms with Crippen molar-refractivity contribution < 1.29 is 13.9 Å². The van der Waals surface area contributed by atoms with Crippen LogP contribution >= 0.6 is 23.2 Å². The summed E-state index contributed by atoms with van der Waals surface area (Å²) in [5.41, 5.74) is 3.12. The SMILES string of the molecule is CC1(C)[C@H](C(=O)O[C@H]2C[C@H](Cc3ccc(F)cc3)c3ccccc32)[C@@H]1C=C(Cl)Cl. The highest BCUT2D eigenvalue weighted by Gasteiger charge is 2.62. The summed E-state index contributed by atoms with van der Waals surface area (Å²) in [5, 5.41) is 0. The Kier molecular flexibility index (Phi) is 5.48. The average molecular weight is 433 g/mol. The Morgan fingerprint density at radius 2 is 1.79 bits per heavy atom. The number of hydrogen-bond acceptors (Lipinski definition) is 2. The Hall–Kier alpha value is -1.84. The molecular formula is C24H23Cl2FO2. The first-order valence-corrected chi connectivity index (χ1v) is 10.6. The highest BCUT2D eigenvalue weighted by atomic mass is 35.5. The summed E-state index contributed by atoms with van der Waals surface area (Å²) >= 11 is 11.6. The third-order valence-corrected chi connectivity index (χ3v) is 6.66. The zero-order valence-corrected chi connectivity index (χ0v) is 17.9. The minimum Gasteiger partial charge on any atom is -0.457 e. The number of hydrogen-bond donors (Lipinski definition) is 0. The fourth-order valence-electron chi connectivity index (χ4n) is 4.69. The number of fused-ring (bicyclic) bond motifs is 1. The van der Waals surface area contributed by atoms with Gasteiger partial charge in [-0.15, -0.1) is 0 Å². The number of benzene rings is 2. The van der Waals surface area contributed by atoms with Gasteiger partial charge in [0.25, 0.3) is 0 Å². The standard InChI is InChI=1S/C24H23Cl2FO2/c1-24(2)19(13-21(25)26)22(24)23(28)29-20-12-15(17-5-3-4-6-18(17)20)11-14-7-9-16(27)10-8-14/h3-10,13,15,19-20,22H,11-12H2,1-2H3/t15-,19-,20-,22-/m0/s1. The van der Waals surface area contributed by atoms with E-state index in [-0.39, 0.29) is 45.6 Å². The van der Waals surface area contributed by atoms with E-state index in [0.29, 0.717) is 0 Å². The van der Waals surface area contributed by atoms with Crippen molar-refractivity contribution in [2.45, 2.75) is 38.7 Å². The molecule has 0 bridgehead atoms. The molecule has 0 unspecified atom stereocenters. The van der Waals surface area contributed by atoms with Crippen molar-refractivity contribution >= 4 is 29.2 Å². The van der Waals surface area contributed by atoms with E-state index in [0.717, 1.165) is 24.0 Å². The molecule has 0 aromatic heterocycles. The van der Waals surface area contributed by atoms with E-state index in [1.54, 1.807) is 6.08 Å². The number of ether oxygens (including phenoxy) is 1. The van der Waals surface area contributed by atoms with E-state index >= 15 is 0 Å². The third kappa shape index (κ3) is 4.08. The molecule has 1 fully saturated rings. The molecule has 29 heavy (non-hydrogen) atoms. The monoisotopic (exact) mass is 432 g/mol. The first-order chi connectivity index (χ1) is 13.8. The number of carbonyl (C=O) groups is 1. The molecule has 0 heterocycles. The maximum atomic E-state index is 13.2. The largest absolute Gasteiger partial charge is 0.457 e. The molecule has 0 radical (unpaired) electrons. The Morgan fingerprint density at radius 3 is 2.45 bits per heavy atom. The molecule has 2 aromatic carbocycles. The number of rotatable bonds is 5. The van der Waals surface area contributed by atoms with Gasteiger partial charge >= 0.3 is 5.97 Å². The fourth-order valence-corrected chi connectivity index (χ4v) is 4.96. The second-order valence-electron chi connectivity index (χ2n) is 8.60. The van der Waals surface area contributed by atoms with E-state index in [4.69, 9.17) is 27.9 Å². The molecule has 5 heteroatoms. The molecule has 0 saturated heterocycles. The number of esters is 1. The number of allylic oxidation sites excluding steroid dienone is 1. The van der Waals surface area contributed by atoms with E-state index < -0.39 is 0 Å². The van der Waals surface area contributed by atoms with Gasteiger partial charge in [0.05, 0.1) is 5.92 Å². The van der Waals surface area contributed by atoms with Crippen molar-refractivity contribution in [3.05, 3.63) is 81.6 Å². The minimum absolute atomic E-state index is 0.00772. The quantitative estimate of drug-likeness (QED) is 0.489. The van der Waals surface area contributed by atoms with Crippen LogP contribution in [0.1, 0.15) is 49.0 Å². The van der Waals surface area contributed by atoms with Crippen molar-refractivity contribution in [3.8, 4) is 0 Å². The molecule has 4 rings (SSSR count). The van der Waals surface area contributed by atoms with Crippen molar-refractivity contribution in [3.63, 3.8) is 0 Å². The van der Waals surface area contributed by atoms with Gasteiger partial charge in [-0.2, -0.15) is 0 Å². The molecule has 4 atom stereocenters. The first-order valence-electron chi connectivity index (χ1n) is 9.84. The van der Waals surface area contributed by atoms with Crippen LogP contribution in [0.25, 0.3) is 0 Å². The summed E-state index contributed by atoms with van der Waals surface area (Å²) in [6.45, 7) is 4.05. The molecule has 1 saturated carbocycles. The van der Waals surface area contributed by atoms with Gasteiger partial charge in [-0.05, 0) is 65.0 Å². The molecule has 2 nitrogen and oxygen atoms in total. The van der Waals surface area contributed by atoms with Gasteiger partial charge in [0.15, 0.2) is 0 Å². The second-order valence-corrected chi connectivity index (χ2v) is 9.61. The number of carbonyl (C=O) groups excluding carboxylic acids is 1. The lowest BCUT2D eigenvalue weighted by Gasteiger charge is -2.15. The van der Waals surface area contributed by atoms with Gasteiger partial charge in [0.1, 0.15) is 16.4 Å². The topological polar surface area (TPSA) is 26.3 Å². The van der Waals surface area contributed by atoms with Gasteiger partial charge in [-0.1, -0.05) is 73.4 Å². The molecule has 0 amide bonds. The van der Waals surface area contributed by atoms with Crippen LogP contribution < -0.4 is 0 Å². The first kappa shape index (κ1) is 20.4. The van der Waals surface area contributed by atoms with Crippen LogP contribution in [-0.2, 0) is 16.0 Å². The Bertz CT molecular complexity index is 948. The van der Waals surface area contributed by atoms with E-state index in [1.807, 2.05) is 44.2 Å². The summed E-state index contributed by atoms with van der Waals surface area (Å²) in [5.74, 6) is -0.451. The normalized spacial score (nSPS) is 26.5. The lowest BCUT2D eigenvalue weighted by atomic mass is 9.94. The van der Waals surface area contributed by atoms with Crippen molar-refractivity contribution in [2.24, 2.45) is 17.3 Å². The van der Waals surface area contributed by atoms with Crippen LogP contribution in [0, 0.1) is 23.1 Å². The van der Waals surface area contributed by atoms with Crippen LogP contribution in [0.2, 0.25) is 0 Å². The number of halogens is 3. The predicted molar refractivity (Wildman–Crippen MR) is 113 cm³/mol. The maximum absolute atomic E-state index is 13.2. The van der Waals surface area contributed by atoms with Crippen LogP contribution in [0.15, 0.2) is 59.1 Å². The van der Waals surface area contributed by atoms with Crippen molar-refractivity contribution in [1.29, 1.82) is 0 Å². The molecule has 152 valence electrons. The fraction of sp³-hybridized carbons (Fsp3) is 0.375. The van der Waals surface area contributed by atoms with Crippen molar-refractivity contribution in [2.75, 3.05) is 0 Å². The van der Waals surface area contributed by atoms with E-state index in [9.17, 15) is 9.18 Å². The highest BCUT2D eigenvalue weighted by molar-refractivity contribution is 6.55. The summed E-state index contributed by atoms with van der Waals surface area (Å²) in [6, 6.07) is 14.7. The third-order valence-electron chi connectivity index (χ3n) is 6.41. The Balaban J connectivity index is 1.50. The Morgan fingerprint density at radius 1 is 1.14 bits per heavy atom. The Labute approximate surface area is 180 Å². The average Bonchev–Trinajstić information content (AvgIpc) is 3.03. The molecular weight excluding hydrogens is 410 g/mol. The molecule has 2 aliphatic carbocycles. The van der Waals surface area contributed by atoms with Crippen molar-refractivity contribution in [1.82, 2.24) is 0 Å². The summed E-state index contributed by atoms with van der Waals surface area (Å²) in [7, 11) is 0.